The van der Waals surface area contributed by atoms with Gasteiger partial charge in [-0.3, -0.25) is 4.79 Å². The molecule has 0 aliphatic carbocycles. The summed E-state index contributed by atoms with van der Waals surface area (Å²) in [6.45, 7) is 1.68. The van der Waals surface area contributed by atoms with Crippen LogP contribution in [-0.4, -0.2) is 69.7 Å². The number of methoxy groups -OCH3 is 1. The monoisotopic (exact) mass is 367 g/mol. The molecule has 1 amide bonds. The van der Waals surface area contributed by atoms with Crippen LogP contribution < -0.4 is 9.47 Å². The SMILES string of the molecule is COC[C@H]1CCS(=O)(=O)C12CN(C(=O)c1cccc3c1OCCO3)C2. The van der Waals surface area contributed by atoms with Crippen LogP contribution in [0.3, 0.4) is 0 Å². The van der Waals surface area contributed by atoms with Gasteiger partial charge in [0.05, 0.1) is 17.9 Å². The van der Waals surface area contributed by atoms with Gasteiger partial charge in [0, 0.05) is 26.1 Å². The summed E-state index contributed by atoms with van der Waals surface area (Å²) in [6, 6.07) is 5.20. The molecule has 1 aromatic rings. The average Bonchev–Trinajstić information content (AvgIpc) is 2.83. The zero-order valence-electron chi connectivity index (χ0n) is 14.1. The third-order valence-electron chi connectivity index (χ3n) is 5.47. The maximum atomic E-state index is 12.9. The molecule has 3 heterocycles. The van der Waals surface area contributed by atoms with Crippen LogP contribution in [0.1, 0.15) is 16.8 Å². The molecule has 136 valence electrons. The summed E-state index contributed by atoms with van der Waals surface area (Å²) >= 11 is 0. The van der Waals surface area contributed by atoms with E-state index in [1.54, 1.807) is 30.2 Å². The van der Waals surface area contributed by atoms with Crippen molar-refractivity contribution in [3.8, 4) is 11.5 Å². The Labute approximate surface area is 146 Å². The van der Waals surface area contributed by atoms with Crippen molar-refractivity contribution in [2.45, 2.75) is 11.2 Å². The number of ether oxygens (including phenoxy) is 3. The Kier molecular flexibility index (Phi) is 3.92. The second-order valence-electron chi connectivity index (χ2n) is 6.82. The number of sulfone groups is 1. The maximum Gasteiger partial charge on any atom is 0.257 e. The van der Waals surface area contributed by atoms with Crippen LogP contribution in [0.2, 0.25) is 0 Å². The lowest BCUT2D eigenvalue weighted by atomic mass is 9.83. The lowest BCUT2D eigenvalue weighted by molar-refractivity contribution is 0.0331. The van der Waals surface area contributed by atoms with Crippen molar-refractivity contribution in [1.82, 2.24) is 4.90 Å². The Morgan fingerprint density at radius 2 is 2.08 bits per heavy atom. The van der Waals surface area contributed by atoms with Crippen LogP contribution in [0.4, 0.5) is 0 Å². The van der Waals surface area contributed by atoms with Gasteiger partial charge in [-0.2, -0.15) is 0 Å². The molecule has 0 saturated carbocycles. The first-order valence-corrected chi connectivity index (χ1v) is 10.0. The van der Waals surface area contributed by atoms with Crippen molar-refractivity contribution in [2.75, 3.05) is 45.8 Å². The molecule has 0 aromatic heterocycles. The summed E-state index contributed by atoms with van der Waals surface area (Å²) in [5, 5.41) is 0. The Morgan fingerprint density at radius 3 is 2.84 bits per heavy atom. The average molecular weight is 367 g/mol. The minimum Gasteiger partial charge on any atom is -0.486 e. The molecule has 8 heteroatoms. The van der Waals surface area contributed by atoms with Gasteiger partial charge < -0.3 is 19.1 Å². The first kappa shape index (κ1) is 16.7. The quantitative estimate of drug-likeness (QED) is 0.784. The number of rotatable bonds is 3. The Balaban J connectivity index is 1.57. The summed E-state index contributed by atoms with van der Waals surface area (Å²) < 4.78 is 40.6. The molecule has 25 heavy (non-hydrogen) atoms. The van der Waals surface area contributed by atoms with Gasteiger partial charge >= 0.3 is 0 Å². The predicted octanol–water partition coefficient (Wildman–Crippen LogP) is 0.734. The lowest BCUT2D eigenvalue weighted by Gasteiger charge is -2.49. The van der Waals surface area contributed by atoms with E-state index in [2.05, 4.69) is 0 Å². The van der Waals surface area contributed by atoms with Gasteiger partial charge in [0.2, 0.25) is 0 Å². The number of fused-ring (bicyclic) bond motifs is 1. The highest BCUT2D eigenvalue weighted by molar-refractivity contribution is 7.93. The fourth-order valence-electron chi connectivity index (χ4n) is 4.06. The second kappa shape index (κ2) is 5.88. The number of carbonyl (C=O) groups excluding carboxylic acids is 1. The molecule has 0 radical (unpaired) electrons. The van der Waals surface area contributed by atoms with Gasteiger partial charge in [0.25, 0.3) is 5.91 Å². The minimum atomic E-state index is -3.22. The summed E-state index contributed by atoms with van der Waals surface area (Å²) in [5.74, 6) is 0.892. The number of hydrogen-bond donors (Lipinski definition) is 0. The first-order chi connectivity index (χ1) is 12.0. The van der Waals surface area contributed by atoms with Crippen LogP contribution in [0.5, 0.6) is 11.5 Å². The Hall–Kier alpha value is -1.80. The Morgan fingerprint density at radius 1 is 1.32 bits per heavy atom. The van der Waals surface area contributed by atoms with Gasteiger partial charge in [-0.15, -0.1) is 0 Å². The zero-order valence-corrected chi connectivity index (χ0v) is 14.9. The van der Waals surface area contributed by atoms with Crippen LogP contribution >= 0.6 is 0 Å². The highest BCUT2D eigenvalue weighted by Crippen LogP contribution is 2.46. The van der Waals surface area contributed by atoms with Crippen LogP contribution in [0.15, 0.2) is 18.2 Å². The number of nitrogens with zero attached hydrogens (tertiary/aromatic N) is 1. The van der Waals surface area contributed by atoms with E-state index in [-0.39, 0.29) is 30.7 Å². The number of hydrogen-bond acceptors (Lipinski definition) is 6. The molecule has 7 nitrogen and oxygen atoms in total. The predicted molar refractivity (Wildman–Crippen MR) is 89.8 cm³/mol. The molecule has 1 aromatic carbocycles. The number of carbonyl (C=O) groups is 1. The van der Waals surface area contributed by atoms with E-state index in [0.29, 0.717) is 43.3 Å². The van der Waals surface area contributed by atoms with Gasteiger partial charge in [-0.25, -0.2) is 8.42 Å². The largest absolute Gasteiger partial charge is 0.486 e. The molecular formula is C17H21NO6S. The number of amides is 1. The van der Waals surface area contributed by atoms with Gasteiger partial charge in [0.1, 0.15) is 18.0 Å². The van der Waals surface area contributed by atoms with E-state index >= 15 is 0 Å². The second-order valence-corrected chi connectivity index (χ2v) is 9.27. The molecule has 0 bridgehead atoms. The van der Waals surface area contributed by atoms with E-state index in [0.717, 1.165) is 0 Å². The maximum absolute atomic E-state index is 12.9. The standard InChI is InChI=1S/C17H21NO6S/c1-22-9-12-5-8-25(20,21)17(12)10-18(11-17)16(19)13-3-2-4-14-15(13)24-7-6-23-14/h2-4,12H,5-11H2,1H3/t12-/m1/s1. The number of likely N-dealkylation sites (tertiary alicyclic amines) is 1. The molecule has 1 spiro atoms. The van der Waals surface area contributed by atoms with E-state index in [4.69, 9.17) is 14.2 Å². The molecule has 4 rings (SSSR count). The van der Waals surface area contributed by atoms with Crippen molar-refractivity contribution in [3.05, 3.63) is 23.8 Å². The minimum absolute atomic E-state index is 0.0594. The summed E-state index contributed by atoms with van der Waals surface area (Å²) in [4.78, 5) is 14.5. The van der Waals surface area contributed by atoms with Gasteiger partial charge in [-0.05, 0) is 18.6 Å². The van der Waals surface area contributed by atoms with Crippen molar-refractivity contribution in [2.24, 2.45) is 5.92 Å². The molecule has 2 fully saturated rings. The fraction of sp³-hybridized carbons (Fsp3) is 0.588. The van der Waals surface area contributed by atoms with Crippen molar-refractivity contribution in [1.29, 1.82) is 0 Å². The molecule has 1 atom stereocenters. The molecule has 3 aliphatic rings. The molecule has 0 unspecified atom stereocenters. The highest BCUT2D eigenvalue weighted by Gasteiger charge is 2.62. The van der Waals surface area contributed by atoms with Gasteiger partial charge in [-0.1, -0.05) is 6.07 Å². The summed E-state index contributed by atoms with van der Waals surface area (Å²) in [6.07, 6.45) is 0.593. The first-order valence-electron chi connectivity index (χ1n) is 8.38. The summed E-state index contributed by atoms with van der Waals surface area (Å²) in [7, 11) is -1.64. The Bertz CT molecular complexity index is 799. The third kappa shape index (κ3) is 2.42. The van der Waals surface area contributed by atoms with E-state index in [1.165, 1.54) is 0 Å². The van der Waals surface area contributed by atoms with E-state index < -0.39 is 14.6 Å². The summed E-state index contributed by atoms with van der Waals surface area (Å²) in [5.41, 5.74) is 0.422. The number of benzene rings is 1. The van der Waals surface area contributed by atoms with Crippen LogP contribution in [-0.2, 0) is 14.6 Å². The van der Waals surface area contributed by atoms with Crippen molar-refractivity contribution in [3.63, 3.8) is 0 Å². The van der Waals surface area contributed by atoms with E-state index in [1.807, 2.05) is 0 Å². The third-order valence-corrected chi connectivity index (χ3v) is 8.07. The molecule has 0 N–H and O–H groups in total. The topological polar surface area (TPSA) is 82.1 Å². The fourth-order valence-corrected chi connectivity index (χ4v) is 6.47. The molecule has 2 saturated heterocycles. The lowest BCUT2D eigenvalue weighted by Crippen LogP contribution is -2.68. The normalized spacial score (nSPS) is 25.6. The number of para-hydroxylation sites is 1. The molecular weight excluding hydrogens is 346 g/mol. The van der Waals surface area contributed by atoms with Crippen molar-refractivity contribution >= 4 is 15.7 Å². The highest BCUT2D eigenvalue weighted by atomic mass is 32.2. The van der Waals surface area contributed by atoms with E-state index in [9.17, 15) is 13.2 Å². The smallest absolute Gasteiger partial charge is 0.257 e. The van der Waals surface area contributed by atoms with Gasteiger partial charge in [0.15, 0.2) is 21.3 Å². The van der Waals surface area contributed by atoms with Crippen molar-refractivity contribution < 1.29 is 27.4 Å². The molecule has 3 aliphatic heterocycles. The van der Waals surface area contributed by atoms with Crippen LogP contribution in [0, 0.1) is 5.92 Å². The van der Waals surface area contributed by atoms with Crippen LogP contribution in [0.25, 0.3) is 0 Å². The zero-order chi connectivity index (χ0) is 17.7.